The van der Waals surface area contributed by atoms with Gasteiger partial charge in [0.25, 0.3) is 11.6 Å². The van der Waals surface area contributed by atoms with E-state index in [0.29, 0.717) is 16.9 Å². The number of nitrogens with zero attached hydrogens (tertiary/aromatic N) is 1. The molecule has 0 fully saturated rings. The summed E-state index contributed by atoms with van der Waals surface area (Å²) in [7, 11) is 0. The molecule has 0 bridgehead atoms. The van der Waals surface area contributed by atoms with Crippen molar-refractivity contribution in [2.75, 3.05) is 6.61 Å². The number of benzene rings is 4. The summed E-state index contributed by atoms with van der Waals surface area (Å²) in [5.74, 6) is 0.170. The molecule has 7 nitrogen and oxygen atoms in total. The first kappa shape index (κ1) is 20.9. The molecule has 32 heavy (non-hydrogen) atoms. The molecule has 1 atom stereocenters. The van der Waals surface area contributed by atoms with Crippen LogP contribution in [0.5, 0.6) is 11.5 Å². The van der Waals surface area contributed by atoms with Gasteiger partial charge in [-0.15, -0.1) is 0 Å². The van der Waals surface area contributed by atoms with E-state index in [-0.39, 0.29) is 18.0 Å². The van der Waals surface area contributed by atoms with Crippen molar-refractivity contribution in [3.05, 3.63) is 112 Å². The molecule has 7 heteroatoms. The Balaban J connectivity index is 1.70. The fourth-order valence-electron chi connectivity index (χ4n) is 3.57. The van der Waals surface area contributed by atoms with Crippen molar-refractivity contribution in [1.29, 1.82) is 0 Å². The molecule has 4 aromatic rings. The number of nitro groups is 1. The maximum Gasteiger partial charge on any atom is 0.269 e. The van der Waals surface area contributed by atoms with Crippen LogP contribution in [0.4, 0.5) is 5.69 Å². The van der Waals surface area contributed by atoms with E-state index in [1.165, 1.54) is 12.1 Å². The quantitative estimate of drug-likeness (QED) is 0.327. The molecule has 0 aliphatic carbocycles. The lowest BCUT2D eigenvalue weighted by Gasteiger charge is -2.22. The van der Waals surface area contributed by atoms with Crippen molar-refractivity contribution in [1.82, 2.24) is 5.32 Å². The van der Waals surface area contributed by atoms with Gasteiger partial charge >= 0.3 is 0 Å². The molecule has 0 unspecified atom stereocenters. The second-order valence-corrected chi connectivity index (χ2v) is 7.17. The van der Waals surface area contributed by atoms with Gasteiger partial charge in [-0.2, -0.15) is 0 Å². The number of phenols is 1. The second kappa shape index (κ2) is 9.18. The van der Waals surface area contributed by atoms with E-state index < -0.39 is 16.9 Å². The van der Waals surface area contributed by atoms with Crippen LogP contribution < -0.4 is 10.1 Å². The number of ether oxygens (including phenoxy) is 1. The first-order valence-corrected chi connectivity index (χ1v) is 9.95. The SMILES string of the molecule is O=C(COc1ccccc1)N[C@H](c1ccc([N+](=O)[O-])cc1)c1c(O)ccc2ccccc12. The van der Waals surface area contributed by atoms with Crippen LogP contribution >= 0.6 is 0 Å². The first-order valence-electron chi connectivity index (χ1n) is 9.95. The highest BCUT2D eigenvalue weighted by Gasteiger charge is 2.23. The number of nitrogens with one attached hydrogen (secondary N) is 1. The summed E-state index contributed by atoms with van der Waals surface area (Å²) in [6, 6.07) is 25.0. The molecule has 0 aliphatic heterocycles. The average Bonchev–Trinajstić information content (AvgIpc) is 2.82. The zero-order valence-corrected chi connectivity index (χ0v) is 17.0. The third-order valence-electron chi connectivity index (χ3n) is 5.09. The van der Waals surface area contributed by atoms with Crippen LogP contribution in [-0.2, 0) is 4.79 Å². The summed E-state index contributed by atoms with van der Waals surface area (Å²) >= 11 is 0. The van der Waals surface area contributed by atoms with Gasteiger partial charge in [-0.1, -0.05) is 48.5 Å². The summed E-state index contributed by atoms with van der Waals surface area (Å²) < 4.78 is 5.54. The highest BCUT2D eigenvalue weighted by atomic mass is 16.6. The minimum Gasteiger partial charge on any atom is -0.508 e. The van der Waals surface area contributed by atoms with Crippen molar-refractivity contribution in [3.63, 3.8) is 0 Å². The predicted octanol–water partition coefficient (Wildman–Crippen LogP) is 4.74. The highest BCUT2D eigenvalue weighted by molar-refractivity contribution is 5.89. The van der Waals surface area contributed by atoms with Gasteiger partial charge in [0.2, 0.25) is 0 Å². The molecule has 160 valence electrons. The Morgan fingerprint density at radius 2 is 1.62 bits per heavy atom. The number of nitro benzene ring substituents is 1. The number of phenolic OH excluding ortho intramolecular Hbond substituents is 1. The van der Waals surface area contributed by atoms with E-state index in [1.807, 2.05) is 30.3 Å². The summed E-state index contributed by atoms with van der Waals surface area (Å²) in [5, 5.41) is 26.3. The largest absolute Gasteiger partial charge is 0.508 e. The van der Waals surface area contributed by atoms with Gasteiger partial charge < -0.3 is 15.2 Å². The third kappa shape index (κ3) is 4.52. The van der Waals surface area contributed by atoms with Crippen LogP contribution in [0.2, 0.25) is 0 Å². The van der Waals surface area contributed by atoms with Gasteiger partial charge in [0, 0.05) is 17.7 Å². The lowest BCUT2D eigenvalue weighted by Crippen LogP contribution is -2.33. The summed E-state index contributed by atoms with van der Waals surface area (Å²) in [5.41, 5.74) is 1.04. The molecule has 0 radical (unpaired) electrons. The third-order valence-corrected chi connectivity index (χ3v) is 5.09. The molecule has 0 saturated heterocycles. The number of amides is 1. The van der Waals surface area contributed by atoms with E-state index in [1.54, 1.807) is 48.5 Å². The number of aromatic hydroxyl groups is 1. The zero-order valence-electron chi connectivity index (χ0n) is 17.0. The van der Waals surface area contributed by atoms with Crippen LogP contribution in [-0.4, -0.2) is 22.5 Å². The minimum atomic E-state index is -0.742. The molecule has 0 aromatic heterocycles. The van der Waals surface area contributed by atoms with Crippen LogP contribution in [0, 0.1) is 10.1 Å². The summed E-state index contributed by atoms with van der Waals surface area (Å²) in [4.78, 5) is 23.3. The van der Waals surface area contributed by atoms with Gasteiger partial charge in [0.05, 0.1) is 11.0 Å². The molecule has 2 N–H and O–H groups in total. The van der Waals surface area contributed by atoms with Crippen molar-refractivity contribution in [2.24, 2.45) is 0 Å². The van der Waals surface area contributed by atoms with Crippen LogP contribution in [0.25, 0.3) is 10.8 Å². The molecular formula is C25H20N2O5. The average molecular weight is 428 g/mol. The number of hydrogen-bond donors (Lipinski definition) is 2. The fraction of sp³-hybridized carbons (Fsp3) is 0.0800. The molecule has 0 spiro atoms. The Labute approximate surface area is 184 Å². The number of fused-ring (bicyclic) bond motifs is 1. The molecule has 4 rings (SSSR count). The molecule has 0 saturated carbocycles. The van der Waals surface area contributed by atoms with Gasteiger partial charge in [-0.05, 0) is 46.7 Å². The Hall–Kier alpha value is -4.39. The minimum absolute atomic E-state index is 0.0105. The Bertz CT molecular complexity index is 1260. The van der Waals surface area contributed by atoms with Crippen molar-refractivity contribution >= 4 is 22.4 Å². The Morgan fingerprint density at radius 3 is 2.34 bits per heavy atom. The predicted molar refractivity (Wildman–Crippen MR) is 121 cm³/mol. The monoisotopic (exact) mass is 428 g/mol. The van der Waals surface area contributed by atoms with E-state index in [4.69, 9.17) is 4.74 Å². The molecular weight excluding hydrogens is 408 g/mol. The lowest BCUT2D eigenvalue weighted by molar-refractivity contribution is -0.384. The maximum atomic E-state index is 12.8. The van der Waals surface area contributed by atoms with Gasteiger partial charge in [0.1, 0.15) is 11.5 Å². The normalized spacial score (nSPS) is 11.6. The standard InChI is InChI=1S/C25H20N2O5/c28-22-15-12-17-6-4-5-9-21(17)24(22)25(18-10-13-19(14-11-18)27(30)31)26-23(29)16-32-20-7-2-1-3-8-20/h1-15,25,28H,16H2,(H,26,29)/t25-/m1/s1. The number of rotatable bonds is 7. The Morgan fingerprint density at radius 1 is 0.938 bits per heavy atom. The number of carbonyl (C=O) groups is 1. The fourth-order valence-corrected chi connectivity index (χ4v) is 3.57. The van der Waals surface area contributed by atoms with Crippen LogP contribution in [0.15, 0.2) is 91.0 Å². The number of carbonyl (C=O) groups excluding carboxylic acids is 1. The van der Waals surface area contributed by atoms with E-state index in [0.717, 1.165) is 10.8 Å². The molecule has 1 amide bonds. The smallest absolute Gasteiger partial charge is 0.269 e. The number of non-ortho nitro benzene ring substituents is 1. The van der Waals surface area contributed by atoms with Crippen LogP contribution in [0.1, 0.15) is 17.2 Å². The van der Waals surface area contributed by atoms with Gasteiger partial charge in [-0.25, -0.2) is 0 Å². The molecule has 4 aromatic carbocycles. The number of hydrogen-bond acceptors (Lipinski definition) is 5. The van der Waals surface area contributed by atoms with E-state index in [2.05, 4.69) is 5.32 Å². The van der Waals surface area contributed by atoms with Crippen molar-refractivity contribution in [3.8, 4) is 11.5 Å². The lowest BCUT2D eigenvalue weighted by atomic mass is 9.92. The topological polar surface area (TPSA) is 102 Å². The second-order valence-electron chi connectivity index (χ2n) is 7.17. The van der Waals surface area contributed by atoms with Crippen molar-refractivity contribution in [2.45, 2.75) is 6.04 Å². The highest BCUT2D eigenvalue weighted by Crippen LogP contribution is 2.36. The maximum absolute atomic E-state index is 12.8. The molecule has 0 aliphatic rings. The van der Waals surface area contributed by atoms with E-state index >= 15 is 0 Å². The summed E-state index contributed by atoms with van der Waals surface area (Å²) in [6.07, 6.45) is 0. The Kier molecular flexibility index (Phi) is 5.98. The van der Waals surface area contributed by atoms with E-state index in [9.17, 15) is 20.0 Å². The van der Waals surface area contributed by atoms with Crippen LogP contribution in [0.3, 0.4) is 0 Å². The first-order chi connectivity index (χ1) is 15.5. The van der Waals surface area contributed by atoms with Crippen molar-refractivity contribution < 1.29 is 19.6 Å². The number of para-hydroxylation sites is 1. The molecule has 0 heterocycles. The summed E-state index contributed by atoms with van der Waals surface area (Å²) in [6.45, 7) is -0.223. The van der Waals surface area contributed by atoms with Gasteiger partial charge in [-0.3, -0.25) is 14.9 Å². The van der Waals surface area contributed by atoms with Gasteiger partial charge in [0.15, 0.2) is 6.61 Å². The zero-order chi connectivity index (χ0) is 22.5.